The van der Waals surface area contributed by atoms with Gasteiger partial charge in [-0.05, 0) is 68.5 Å². The van der Waals surface area contributed by atoms with Crippen LogP contribution in [0.1, 0.15) is 55.8 Å². The fourth-order valence-corrected chi connectivity index (χ4v) is 5.43. The summed E-state index contributed by atoms with van der Waals surface area (Å²) in [4.78, 5) is 21.4. The molecule has 0 bridgehead atoms. The van der Waals surface area contributed by atoms with Gasteiger partial charge in [0.25, 0.3) is 11.8 Å². The quantitative estimate of drug-likeness (QED) is 0.467. The number of amides is 1. The van der Waals surface area contributed by atoms with Crippen LogP contribution in [0.2, 0.25) is 0 Å². The van der Waals surface area contributed by atoms with Crippen molar-refractivity contribution in [1.82, 2.24) is 15.0 Å². The van der Waals surface area contributed by atoms with E-state index in [1.807, 2.05) is 24.3 Å². The molecule has 1 aliphatic carbocycles. The molecule has 8 heteroatoms. The Bertz CT molecular complexity index is 1300. The summed E-state index contributed by atoms with van der Waals surface area (Å²) >= 11 is 0. The van der Waals surface area contributed by atoms with Crippen molar-refractivity contribution in [2.45, 2.75) is 63.3 Å². The third-order valence-corrected chi connectivity index (χ3v) is 7.45. The first kappa shape index (κ1) is 22.9. The van der Waals surface area contributed by atoms with E-state index in [0.29, 0.717) is 17.5 Å². The molecule has 0 unspecified atom stereocenters. The fourth-order valence-electron chi connectivity index (χ4n) is 5.43. The summed E-state index contributed by atoms with van der Waals surface area (Å²) in [6.45, 7) is 4.04. The van der Waals surface area contributed by atoms with Gasteiger partial charge in [0, 0.05) is 36.8 Å². The minimum atomic E-state index is -0.421. The van der Waals surface area contributed by atoms with E-state index in [-0.39, 0.29) is 24.4 Å². The second-order valence-electron chi connectivity index (χ2n) is 10.1. The first-order chi connectivity index (χ1) is 17.5. The van der Waals surface area contributed by atoms with Crippen LogP contribution in [0.3, 0.4) is 0 Å². The highest BCUT2D eigenvalue weighted by Gasteiger charge is 2.46. The summed E-state index contributed by atoms with van der Waals surface area (Å²) in [6.07, 6.45) is 7.47. The highest BCUT2D eigenvalue weighted by Crippen LogP contribution is 2.41. The summed E-state index contributed by atoms with van der Waals surface area (Å²) in [5, 5.41) is 4.04. The van der Waals surface area contributed by atoms with Gasteiger partial charge >= 0.3 is 0 Å². The van der Waals surface area contributed by atoms with E-state index in [9.17, 15) is 9.18 Å². The van der Waals surface area contributed by atoms with Crippen molar-refractivity contribution in [3.8, 4) is 5.75 Å². The number of aromatic nitrogens is 2. The van der Waals surface area contributed by atoms with Gasteiger partial charge in [0.1, 0.15) is 11.6 Å². The van der Waals surface area contributed by atoms with Crippen LogP contribution in [-0.2, 0) is 17.9 Å². The number of ether oxygens (including phenoxy) is 1. The van der Waals surface area contributed by atoms with E-state index >= 15 is 0 Å². The van der Waals surface area contributed by atoms with Gasteiger partial charge in [-0.3, -0.25) is 14.6 Å². The number of nitrogens with zero attached hydrogens (tertiary/aromatic N) is 4. The number of rotatable bonds is 7. The molecule has 0 radical (unpaired) electrons. The van der Waals surface area contributed by atoms with E-state index in [0.717, 1.165) is 55.9 Å². The summed E-state index contributed by atoms with van der Waals surface area (Å²) < 4.78 is 25.1. The number of carbonyl (C=O) groups is 1. The van der Waals surface area contributed by atoms with Crippen LogP contribution in [0.5, 0.6) is 5.75 Å². The maximum Gasteiger partial charge on any atom is 0.264 e. The molecule has 0 N–H and O–H groups in total. The Labute approximate surface area is 209 Å². The molecule has 1 amide bonds. The van der Waals surface area contributed by atoms with Gasteiger partial charge in [-0.25, -0.2) is 4.39 Å². The molecule has 186 valence electrons. The van der Waals surface area contributed by atoms with Gasteiger partial charge in [0.05, 0.1) is 5.54 Å². The van der Waals surface area contributed by atoms with Gasteiger partial charge in [-0.1, -0.05) is 29.4 Å². The molecule has 6 rings (SSSR count). The average Bonchev–Trinajstić information content (AvgIpc) is 3.53. The Kier molecular flexibility index (Phi) is 5.84. The molecule has 2 aromatic carbocycles. The highest BCUT2D eigenvalue weighted by molar-refractivity contribution is 6.06. The second kappa shape index (κ2) is 9.17. The van der Waals surface area contributed by atoms with Crippen molar-refractivity contribution in [2.24, 2.45) is 0 Å². The van der Waals surface area contributed by atoms with Crippen molar-refractivity contribution < 1.29 is 18.4 Å². The zero-order chi connectivity index (χ0) is 24.7. The van der Waals surface area contributed by atoms with Crippen molar-refractivity contribution in [3.63, 3.8) is 0 Å². The number of carbonyl (C=O) groups excluding carboxylic acids is 1. The minimum absolute atomic E-state index is 0.0865. The van der Waals surface area contributed by atoms with Crippen LogP contribution < -0.4 is 9.64 Å². The van der Waals surface area contributed by atoms with Crippen LogP contribution in [-0.4, -0.2) is 39.1 Å². The van der Waals surface area contributed by atoms with Gasteiger partial charge < -0.3 is 9.26 Å². The first-order valence-corrected chi connectivity index (χ1v) is 12.6. The SMILES string of the molecule is C[C@@H]1C[C@]2(C=CC(=O)N2c2cccc(F)c2)CCN1Cc1cccc(OCc2nc(C3CC3)no2)c1. The van der Waals surface area contributed by atoms with Crippen molar-refractivity contribution >= 4 is 11.6 Å². The normalized spacial score (nSPS) is 24.1. The van der Waals surface area contributed by atoms with Crippen molar-refractivity contribution in [3.05, 3.63) is 83.8 Å². The summed E-state index contributed by atoms with van der Waals surface area (Å²) in [7, 11) is 0. The molecule has 1 saturated heterocycles. The zero-order valence-corrected chi connectivity index (χ0v) is 20.3. The Balaban J connectivity index is 1.10. The van der Waals surface area contributed by atoms with E-state index in [1.54, 1.807) is 23.1 Å². The number of hydrogen-bond acceptors (Lipinski definition) is 6. The predicted molar refractivity (Wildman–Crippen MR) is 132 cm³/mol. The Hall–Kier alpha value is -3.52. The molecule has 1 saturated carbocycles. The minimum Gasteiger partial charge on any atom is -0.484 e. The average molecular weight is 489 g/mol. The van der Waals surface area contributed by atoms with Gasteiger partial charge in [0.15, 0.2) is 12.4 Å². The topological polar surface area (TPSA) is 71.7 Å². The molecular weight excluding hydrogens is 459 g/mol. The van der Waals surface area contributed by atoms with Crippen LogP contribution in [0, 0.1) is 5.82 Å². The molecule has 7 nitrogen and oxygen atoms in total. The standard InChI is InChI=1S/C28H29FN4O3/c1-19-16-28(11-10-26(34)33(28)23-6-3-5-22(29)15-23)12-13-32(19)17-20-4-2-7-24(14-20)35-18-25-30-27(31-36-25)21-8-9-21/h2-7,10-11,14-15,19,21H,8-9,12-13,16-18H2,1H3/t19-,28+/m1/s1. The monoisotopic (exact) mass is 488 g/mol. The molecule has 2 fully saturated rings. The van der Waals surface area contributed by atoms with Gasteiger partial charge in [-0.2, -0.15) is 4.98 Å². The highest BCUT2D eigenvalue weighted by atomic mass is 19.1. The lowest BCUT2D eigenvalue weighted by Crippen LogP contribution is -2.56. The van der Waals surface area contributed by atoms with Crippen LogP contribution in [0.4, 0.5) is 10.1 Å². The number of benzene rings is 2. The number of likely N-dealkylation sites (tertiary alicyclic amines) is 1. The summed E-state index contributed by atoms with van der Waals surface area (Å²) in [5.41, 5.74) is 1.34. The molecule has 3 aliphatic rings. The molecule has 1 spiro atoms. The molecule has 2 atom stereocenters. The second-order valence-corrected chi connectivity index (χ2v) is 10.1. The molecule has 1 aromatic heterocycles. The maximum absolute atomic E-state index is 13.9. The number of anilines is 1. The lowest BCUT2D eigenvalue weighted by Gasteiger charge is -2.47. The summed E-state index contributed by atoms with van der Waals surface area (Å²) in [5.74, 6) is 2.08. The Morgan fingerprint density at radius 2 is 2.06 bits per heavy atom. The maximum atomic E-state index is 13.9. The Morgan fingerprint density at radius 3 is 2.86 bits per heavy atom. The molecule has 3 aromatic rings. The first-order valence-electron chi connectivity index (χ1n) is 12.6. The van der Waals surface area contributed by atoms with Crippen LogP contribution in [0.15, 0.2) is 65.2 Å². The van der Waals surface area contributed by atoms with E-state index in [1.165, 1.54) is 12.1 Å². The smallest absolute Gasteiger partial charge is 0.264 e. The lowest BCUT2D eigenvalue weighted by atomic mass is 9.82. The van der Waals surface area contributed by atoms with E-state index in [2.05, 4.69) is 28.0 Å². The number of piperidine rings is 1. The van der Waals surface area contributed by atoms with Crippen LogP contribution >= 0.6 is 0 Å². The largest absolute Gasteiger partial charge is 0.484 e. The van der Waals surface area contributed by atoms with Crippen molar-refractivity contribution in [1.29, 1.82) is 0 Å². The summed E-state index contributed by atoms with van der Waals surface area (Å²) in [6, 6.07) is 14.6. The number of halogens is 1. The molecule has 2 aliphatic heterocycles. The third kappa shape index (κ3) is 4.53. The molecule has 3 heterocycles. The van der Waals surface area contributed by atoms with Crippen molar-refractivity contribution in [2.75, 3.05) is 11.4 Å². The van der Waals surface area contributed by atoms with Gasteiger partial charge in [0.2, 0.25) is 0 Å². The van der Waals surface area contributed by atoms with E-state index in [4.69, 9.17) is 9.26 Å². The van der Waals surface area contributed by atoms with E-state index < -0.39 is 5.54 Å². The van der Waals surface area contributed by atoms with Gasteiger partial charge in [-0.15, -0.1) is 0 Å². The lowest BCUT2D eigenvalue weighted by molar-refractivity contribution is -0.114. The Morgan fingerprint density at radius 1 is 1.19 bits per heavy atom. The fraction of sp³-hybridized carbons (Fsp3) is 0.393. The zero-order valence-electron chi connectivity index (χ0n) is 20.3. The number of hydrogen-bond donors (Lipinski definition) is 0. The third-order valence-electron chi connectivity index (χ3n) is 7.45. The predicted octanol–water partition coefficient (Wildman–Crippen LogP) is 4.99. The van der Waals surface area contributed by atoms with Crippen LogP contribution in [0.25, 0.3) is 0 Å². The molecular formula is C28H29FN4O3. The molecule has 36 heavy (non-hydrogen) atoms.